The highest BCUT2D eigenvalue weighted by atomic mass is 16.5. The molecule has 6 nitrogen and oxygen atoms in total. The summed E-state index contributed by atoms with van der Waals surface area (Å²) in [7, 11) is 4.09. The molecular weight excluding hydrogens is 558 g/mol. The highest BCUT2D eigenvalue weighted by Crippen LogP contribution is 2.38. The molecule has 0 radical (unpaired) electrons. The second kappa shape index (κ2) is 13.4. The number of amides is 1. The number of ether oxygens (including phenoxy) is 1. The van der Waals surface area contributed by atoms with Crippen molar-refractivity contribution >= 4 is 16.8 Å². The molecule has 6 heteroatoms. The summed E-state index contributed by atoms with van der Waals surface area (Å²) in [6.07, 6.45) is -0.134. The van der Waals surface area contributed by atoms with Gasteiger partial charge in [-0.05, 0) is 47.9 Å². The predicted octanol–water partition coefficient (Wildman–Crippen LogP) is 7.00. The van der Waals surface area contributed by atoms with Gasteiger partial charge in [-0.3, -0.25) is 9.69 Å². The van der Waals surface area contributed by atoms with Crippen LogP contribution in [0.4, 0.5) is 0 Å². The molecule has 232 valence electrons. The molecule has 0 bridgehead atoms. The number of likely N-dealkylation sites (N-methyl/N-ethyl adjacent to an activating group) is 1. The minimum Gasteiger partial charge on any atom is -0.394 e. The number of rotatable bonds is 7. The Hall–Kier alpha value is -4.23. The lowest BCUT2D eigenvalue weighted by molar-refractivity contribution is -0.0242. The molecule has 5 aromatic rings. The average Bonchev–Trinajstić information content (AvgIpc) is 3.36. The SMILES string of the molecule is C[C@H]1CN([C@@H](C)CO)C(=O)c2c(c3ccccc3n2C)-c2ccccc2CO[C@@H]1CN(C)Cc1ccc(-c2ccccc2)cc1. The fourth-order valence-electron chi connectivity index (χ4n) is 6.64. The number of hydrogen-bond donors (Lipinski definition) is 1. The van der Waals surface area contributed by atoms with Gasteiger partial charge in [0.2, 0.25) is 0 Å². The largest absolute Gasteiger partial charge is 0.394 e. The smallest absolute Gasteiger partial charge is 0.271 e. The maximum Gasteiger partial charge on any atom is 0.271 e. The van der Waals surface area contributed by atoms with E-state index >= 15 is 0 Å². The van der Waals surface area contributed by atoms with E-state index in [4.69, 9.17) is 4.74 Å². The Morgan fingerprint density at radius 1 is 0.911 bits per heavy atom. The van der Waals surface area contributed by atoms with Crippen molar-refractivity contribution in [3.63, 3.8) is 0 Å². The van der Waals surface area contributed by atoms with Crippen LogP contribution in [-0.2, 0) is 24.9 Å². The number of aromatic nitrogens is 1. The normalized spacial score (nSPS) is 18.0. The Bertz CT molecular complexity index is 1760. The number of fused-ring (bicyclic) bond motifs is 5. The topological polar surface area (TPSA) is 57.9 Å². The molecule has 3 atom stereocenters. The van der Waals surface area contributed by atoms with E-state index in [1.165, 1.54) is 16.7 Å². The molecule has 0 aliphatic carbocycles. The standard InChI is InChI=1S/C39H43N3O3/c1-27-22-42(28(2)25-43)39(44)38-37(34-16-10-11-17-35(34)41(38)4)33-15-9-8-14-32(33)26-45-36(27)24-40(3)23-29-18-20-31(21-19-29)30-12-6-5-7-13-30/h5-21,27-28,36,43H,22-26H2,1-4H3/t27-,28-,36+/m0/s1. The van der Waals surface area contributed by atoms with Crippen LogP contribution in [0.25, 0.3) is 33.2 Å². The monoisotopic (exact) mass is 601 g/mol. The van der Waals surface area contributed by atoms with E-state index in [0.29, 0.717) is 25.4 Å². The average molecular weight is 602 g/mol. The Kier molecular flexibility index (Phi) is 9.17. The minimum absolute atomic E-state index is 0.0225. The van der Waals surface area contributed by atoms with Crippen molar-refractivity contribution in [2.45, 2.75) is 39.1 Å². The van der Waals surface area contributed by atoms with Crippen molar-refractivity contribution < 1.29 is 14.6 Å². The highest BCUT2D eigenvalue weighted by Gasteiger charge is 2.33. The molecule has 4 aromatic carbocycles. The Labute approximate surface area is 266 Å². The van der Waals surface area contributed by atoms with E-state index in [1.54, 1.807) is 0 Å². The molecule has 0 fully saturated rings. The maximum absolute atomic E-state index is 14.6. The summed E-state index contributed by atoms with van der Waals surface area (Å²) in [5.74, 6) is -0.0475. The zero-order valence-corrected chi connectivity index (χ0v) is 26.7. The van der Waals surface area contributed by atoms with Crippen LogP contribution in [0, 0.1) is 5.92 Å². The number of aliphatic hydroxyl groups excluding tert-OH is 1. The Balaban J connectivity index is 1.31. The number of benzene rings is 4. The van der Waals surface area contributed by atoms with E-state index in [-0.39, 0.29) is 30.6 Å². The molecular formula is C39H43N3O3. The first-order valence-corrected chi connectivity index (χ1v) is 15.9. The van der Waals surface area contributed by atoms with E-state index < -0.39 is 0 Å². The summed E-state index contributed by atoms with van der Waals surface area (Å²) in [6, 6.07) is 35.3. The van der Waals surface area contributed by atoms with Gasteiger partial charge in [0.15, 0.2) is 0 Å². The molecule has 1 aromatic heterocycles. The lowest BCUT2D eigenvalue weighted by atomic mass is 9.96. The summed E-state index contributed by atoms with van der Waals surface area (Å²) in [4.78, 5) is 18.7. The maximum atomic E-state index is 14.6. The third-order valence-electron chi connectivity index (χ3n) is 9.23. The minimum atomic E-state index is -0.344. The van der Waals surface area contributed by atoms with E-state index in [0.717, 1.165) is 34.1 Å². The third kappa shape index (κ3) is 6.32. The van der Waals surface area contributed by atoms with Crippen molar-refractivity contribution in [1.29, 1.82) is 0 Å². The van der Waals surface area contributed by atoms with Gasteiger partial charge in [0, 0.05) is 49.1 Å². The molecule has 45 heavy (non-hydrogen) atoms. The van der Waals surface area contributed by atoms with Gasteiger partial charge in [0.1, 0.15) is 5.69 Å². The zero-order chi connectivity index (χ0) is 31.5. The first-order valence-electron chi connectivity index (χ1n) is 15.9. The van der Waals surface area contributed by atoms with Crippen molar-refractivity contribution in [2.75, 3.05) is 26.7 Å². The van der Waals surface area contributed by atoms with E-state index in [1.807, 2.05) is 53.8 Å². The first-order chi connectivity index (χ1) is 21.9. The van der Waals surface area contributed by atoms with Crippen LogP contribution in [0.1, 0.15) is 35.5 Å². The molecule has 6 rings (SSSR count). The first kappa shape index (κ1) is 30.8. The lowest BCUT2D eigenvalue weighted by Gasteiger charge is -2.35. The van der Waals surface area contributed by atoms with Crippen LogP contribution in [0.2, 0.25) is 0 Å². The van der Waals surface area contributed by atoms with Crippen LogP contribution < -0.4 is 0 Å². The number of aliphatic hydroxyl groups is 1. The number of carbonyl (C=O) groups excluding carboxylic acids is 1. The molecule has 1 aliphatic heterocycles. The van der Waals surface area contributed by atoms with Crippen LogP contribution >= 0.6 is 0 Å². The van der Waals surface area contributed by atoms with Crippen LogP contribution in [0.15, 0.2) is 103 Å². The summed E-state index contributed by atoms with van der Waals surface area (Å²) in [6.45, 7) is 6.37. The van der Waals surface area contributed by atoms with Gasteiger partial charge in [0.25, 0.3) is 5.91 Å². The molecule has 1 amide bonds. The van der Waals surface area contributed by atoms with Crippen LogP contribution in [-0.4, -0.2) is 64.3 Å². The molecule has 0 unspecified atom stereocenters. The van der Waals surface area contributed by atoms with Crippen molar-refractivity contribution in [3.05, 3.63) is 120 Å². The van der Waals surface area contributed by atoms with E-state index in [9.17, 15) is 9.90 Å². The second-order valence-electron chi connectivity index (χ2n) is 12.5. The zero-order valence-electron chi connectivity index (χ0n) is 26.7. The Morgan fingerprint density at radius 3 is 2.33 bits per heavy atom. The highest BCUT2D eigenvalue weighted by molar-refractivity contribution is 6.10. The van der Waals surface area contributed by atoms with Crippen molar-refractivity contribution in [2.24, 2.45) is 13.0 Å². The number of hydrogen-bond acceptors (Lipinski definition) is 4. The van der Waals surface area contributed by atoms with Gasteiger partial charge in [-0.1, -0.05) is 104 Å². The Morgan fingerprint density at radius 2 is 1.58 bits per heavy atom. The van der Waals surface area contributed by atoms with Gasteiger partial charge in [-0.25, -0.2) is 0 Å². The number of aryl methyl sites for hydroxylation is 1. The second-order valence-corrected chi connectivity index (χ2v) is 12.5. The van der Waals surface area contributed by atoms with Crippen molar-refractivity contribution in [1.82, 2.24) is 14.4 Å². The fraction of sp³-hybridized carbons (Fsp3) is 0.308. The predicted molar refractivity (Wildman–Crippen MR) is 182 cm³/mol. The third-order valence-corrected chi connectivity index (χ3v) is 9.23. The van der Waals surface area contributed by atoms with Gasteiger partial charge in [-0.2, -0.15) is 0 Å². The quantitative estimate of drug-likeness (QED) is 0.218. The molecule has 2 heterocycles. The fourth-order valence-corrected chi connectivity index (χ4v) is 6.64. The van der Waals surface area contributed by atoms with Gasteiger partial charge in [0.05, 0.1) is 25.4 Å². The summed E-state index contributed by atoms with van der Waals surface area (Å²) in [5, 5.41) is 11.3. The summed E-state index contributed by atoms with van der Waals surface area (Å²) in [5.41, 5.74) is 8.29. The lowest BCUT2D eigenvalue weighted by Crippen LogP contribution is -2.47. The van der Waals surface area contributed by atoms with Crippen LogP contribution in [0.5, 0.6) is 0 Å². The number of para-hydroxylation sites is 1. The molecule has 0 saturated carbocycles. The van der Waals surface area contributed by atoms with Gasteiger partial charge >= 0.3 is 0 Å². The summed E-state index contributed by atoms with van der Waals surface area (Å²) >= 11 is 0. The summed E-state index contributed by atoms with van der Waals surface area (Å²) < 4.78 is 8.79. The van der Waals surface area contributed by atoms with Crippen molar-refractivity contribution in [3.8, 4) is 22.3 Å². The number of carbonyl (C=O) groups is 1. The molecule has 0 spiro atoms. The number of nitrogens with zero attached hydrogens (tertiary/aromatic N) is 3. The van der Waals surface area contributed by atoms with Crippen LogP contribution in [0.3, 0.4) is 0 Å². The van der Waals surface area contributed by atoms with Gasteiger partial charge < -0.3 is 19.3 Å². The molecule has 1 N–H and O–H groups in total. The van der Waals surface area contributed by atoms with Gasteiger partial charge in [-0.15, -0.1) is 0 Å². The molecule has 1 aliphatic rings. The molecule has 0 saturated heterocycles. The van der Waals surface area contributed by atoms with E-state index in [2.05, 4.69) is 91.7 Å².